The van der Waals surface area contributed by atoms with Crippen LogP contribution in [-0.4, -0.2) is 47.1 Å². The van der Waals surface area contributed by atoms with Gasteiger partial charge in [-0.05, 0) is 79.4 Å². The fourth-order valence-electron chi connectivity index (χ4n) is 4.07. The summed E-state index contributed by atoms with van der Waals surface area (Å²) in [5.41, 5.74) is 6.84. The Morgan fingerprint density at radius 1 is 1.00 bits per heavy atom. The molecule has 9 heteroatoms. The number of amides is 2. The molecule has 1 fully saturated rings. The monoisotopic (exact) mass is 544 g/mol. The number of hydrazone groups is 1. The Hall–Kier alpha value is -3.69. The van der Waals surface area contributed by atoms with E-state index in [0.29, 0.717) is 17.0 Å². The van der Waals surface area contributed by atoms with E-state index in [-0.39, 0.29) is 18.4 Å². The minimum atomic E-state index is -0.268. The van der Waals surface area contributed by atoms with E-state index in [9.17, 15) is 9.59 Å². The number of hydrogen-bond donors (Lipinski definition) is 1. The van der Waals surface area contributed by atoms with Gasteiger partial charge in [0.05, 0.1) is 15.9 Å². The number of aromatic nitrogens is 1. The molecule has 1 aromatic heterocycles. The molecule has 0 spiro atoms. The Kier molecular flexibility index (Phi) is 8.35. The van der Waals surface area contributed by atoms with E-state index in [1.54, 1.807) is 35.2 Å². The Morgan fingerprint density at radius 3 is 2.45 bits per heavy atom. The molecular weight excluding hydrogens is 516 g/mol. The number of carbonyl (C=O) groups excluding carboxylic acids is 2. The molecule has 5 rings (SSSR count). The van der Waals surface area contributed by atoms with Crippen LogP contribution in [0.4, 0.5) is 0 Å². The molecule has 3 aromatic carbocycles. The fourth-order valence-corrected chi connectivity index (χ4v) is 6.09. The maximum atomic E-state index is 12.6. The normalized spacial score (nSPS) is 13.6. The molecule has 1 saturated heterocycles. The highest BCUT2D eigenvalue weighted by Crippen LogP contribution is 2.31. The van der Waals surface area contributed by atoms with Crippen molar-refractivity contribution in [3.05, 3.63) is 89.5 Å². The van der Waals surface area contributed by atoms with Crippen LogP contribution in [0.2, 0.25) is 0 Å². The fraction of sp³-hybridized carbons (Fsp3) is 0.241. The smallest absolute Gasteiger partial charge is 0.271 e. The van der Waals surface area contributed by atoms with E-state index in [1.165, 1.54) is 4.70 Å². The summed E-state index contributed by atoms with van der Waals surface area (Å²) >= 11 is 3.39. The summed E-state index contributed by atoms with van der Waals surface area (Å²) in [4.78, 5) is 31.2. The lowest BCUT2D eigenvalue weighted by Gasteiger charge is -2.15. The molecular formula is C29H28N4O3S2. The molecule has 7 nitrogen and oxygen atoms in total. The van der Waals surface area contributed by atoms with Crippen molar-refractivity contribution < 1.29 is 14.3 Å². The van der Waals surface area contributed by atoms with Crippen LogP contribution in [0, 0.1) is 0 Å². The molecule has 1 aliphatic rings. The molecule has 2 amide bonds. The predicted octanol–water partition coefficient (Wildman–Crippen LogP) is 5.74. The van der Waals surface area contributed by atoms with E-state index in [4.69, 9.17) is 4.74 Å². The van der Waals surface area contributed by atoms with Gasteiger partial charge in [0.15, 0.2) is 10.9 Å². The first-order valence-corrected chi connectivity index (χ1v) is 14.3. The van der Waals surface area contributed by atoms with Gasteiger partial charge in [-0.2, -0.15) is 5.10 Å². The highest BCUT2D eigenvalue weighted by Gasteiger charge is 2.18. The molecule has 0 atom stereocenters. The lowest BCUT2D eigenvalue weighted by atomic mass is 10.1. The average Bonchev–Trinajstić information content (AvgIpc) is 3.64. The van der Waals surface area contributed by atoms with Gasteiger partial charge in [-0.3, -0.25) is 9.59 Å². The zero-order chi connectivity index (χ0) is 26.3. The number of carbonyl (C=O) groups is 2. The predicted molar refractivity (Wildman–Crippen MR) is 153 cm³/mol. The first kappa shape index (κ1) is 25.9. The van der Waals surface area contributed by atoms with Crippen molar-refractivity contribution in [3.63, 3.8) is 0 Å². The summed E-state index contributed by atoms with van der Waals surface area (Å²) < 4.78 is 7.85. The molecule has 0 aliphatic carbocycles. The molecule has 194 valence electrons. The van der Waals surface area contributed by atoms with Crippen LogP contribution in [0.1, 0.15) is 41.3 Å². The summed E-state index contributed by atoms with van der Waals surface area (Å²) in [6.07, 6.45) is 2.12. The number of thioether (sulfide) groups is 1. The zero-order valence-corrected chi connectivity index (χ0v) is 22.7. The number of nitrogens with zero attached hydrogens (tertiary/aromatic N) is 3. The molecule has 0 bridgehead atoms. The lowest BCUT2D eigenvalue weighted by Crippen LogP contribution is -2.32. The quantitative estimate of drug-likeness (QED) is 0.165. The van der Waals surface area contributed by atoms with Crippen LogP contribution < -0.4 is 10.2 Å². The number of benzene rings is 3. The van der Waals surface area contributed by atoms with Crippen LogP contribution in [0.3, 0.4) is 0 Å². The number of nitrogens with one attached hydrogen (secondary N) is 1. The third kappa shape index (κ3) is 6.59. The highest BCUT2D eigenvalue weighted by atomic mass is 32.2. The third-order valence-corrected chi connectivity index (χ3v) is 8.52. The van der Waals surface area contributed by atoms with Gasteiger partial charge in [0.1, 0.15) is 5.75 Å². The minimum Gasteiger partial charge on any atom is -0.484 e. The van der Waals surface area contributed by atoms with Crippen molar-refractivity contribution in [1.29, 1.82) is 0 Å². The van der Waals surface area contributed by atoms with Crippen molar-refractivity contribution in [2.24, 2.45) is 5.10 Å². The second-order valence-electron chi connectivity index (χ2n) is 8.97. The second kappa shape index (κ2) is 12.2. The van der Waals surface area contributed by atoms with E-state index in [0.717, 1.165) is 52.7 Å². The third-order valence-electron chi connectivity index (χ3n) is 6.27. The SMILES string of the molecule is CC(=NNC(=O)c1ccc(CSc2nc3ccccc3s2)cc1)c1ccc(OCC(=O)N2CCCC2)cc1. The molecule has 38 heavy (non-hydrogen) atoms. The maximum Gasteiger partial charge on any atom is 0.271 e. The van der Waals surface area contributed by atoms with Crippen molar-refractivity contribution >= 4 is 50.8 Å². The van der Waals surface area contributed by atoms with Crippen molar-refractivity contribution in [3.8, 4) is 5.75 Å². The van der Waals surface area contributed by atoms with Crippen LogP contribution in [0.5, 0.6) is 5.75 Å². The van der Waals surface area contributed by atoms with Gasteiger partial charge in [-0.25, -0.2) is 10.4 Å². The van der Waals surface area contributed by atoms with Gasteiger partial charge >= 0.3 is 0 Å². The van der Waals surface area contributed by atoms with Crippen molar-refractivity contribution in [2.45, 2.75) is 29.9 Å². The van der Waals surface area contributed by atoms with Gasteiger partial charge in [0, 0.05) is 24.4 Å². The second-order valence-corrected chi connectivity index (χ2v) is 11.2. The Balaban J connectivity index is 1.10. The van der Waals surface area contributed by atoms with E-state index in [2.05, 4.69) is 21.6 Å². The molecule has 0 saturated carbocycles. The van der Waals surface area contributed by atoms with Gasteiger partial charge in [-0.15, -0.1) is 11.3 Å². The van der Waals surface area contributed by atoms with Gasteiger partial charge < -0.3 is 9.64 Å². The van der Waals surface area contributed by atoms with Gasteiger partial charge in [-0.1, -0.05) is 36.0 Å². The lowest BCUT2D eigenvalue weighted by molar-refractivity contribution is -0.132. The van der Waals surface area contributed by atoms with Crippen molar-refractivity contribution in [1.82, 2.24) is 15.3 Å². The minimum absolute atomic E-state index is 0.0204. The first-order chi connectivity index (χ1) is 18.5. The van der Waals surface area contributed by atoms with Crippen LogP contribution in [0.15, 0.2) is 82.2 Å². The number of ether oxygens (including phenoxy) is 1. The number of rotatable bonds is 9. The van der Waals surface area contributed by atoms with Crippen LogP contribution in [0.25, 0.3) is 10.2 Å². The largest absolute Gasteiger partial charge is 0.484 e. The number of fused-ring (bicyclic) bond motifs is 1. The van der Waals surface area contributed by atoms with Crippen LogP contribution in [-0.2, 0) is 10.5 Å². The van der Waals surface area contributed by atoms with Crippen molar-refractivity contribution in [2.75, 3.05) is 19.7 Å². The summed E-state index contributed by atoms with van der Waals surface area (Å²) in [5.74, 6) is 1.16. The molecule has 1 aliphatic heterocycles. The summed E-state index contributed by atoms with van der Waals surface area (Å²) in [7, 11) is 0. The zero-order valence-electron chi connectivity index (χ0n) is 21.1. The van der Waals surface area contributed by atoms with E-state index in [1.807, 2.05) is 66.4 Å². The van der Waals surface area contributed by atoms with Crippen LogP contribution >= 0.6 is 23.1 Å². The Labute approximate surface area is 229 Å². The molecule has 1 N–H and O–H groups in total. The van der Waals surface area contributed by atoms with E-state index < -0.39 is 0 Å². The topological polar surface area (TPSA) is 83.9 Å². The standard InChI is InChI=1S/C29H28N4O3S2/c1-20(22-12-14-24(15-13-22)36-18-27(34)33-16-4-5-17-33)31-32-28(35)23-10-8-21(9-11-23)19-37-29-30-25-6-2-3-7-26(25)38-29/h2-3,6-15H,4-5,16-19H2,1H3,(H,32,35). The van der Waals surface area contributed by atoms with Gasteiger partial charge in [0.2, 0.25) is 0 Å². The van der Waals surface area contributed by atoms with E-state index >= 15 is 0 Å². The number of likely N-dealkylation sites (tertiary alicyclic amines) is 1. The molecule has 0 unspecified atom stereocenters. The Bertz CT molecular complexity index is 1410. The molecule has 0 radical (unpaired) electrons. The molecule has 2 heterocycles. The highest BCUT2D eigenvalue weighted by molar-refractivity contribution is 8.00. The van der Waals surface area contributed by atoms with Gasteiger partial charge in [0.25, 0.3) is 11.8 Å². The summed E-state index contributed by atoms with van der Waals surface area (Å²) in [6, 6.07) is 23.0. The molecule has 4 aromatic rings. The number of hydrogen-bond acceptors (Lipinski definition) is 7. The Morgan fingerprint density at radius 2 is 1.71 bits per heavy atom. The summed E-state index contributed by atoms with van der Waals surface area (Å²) in [6.45, 7) is 3.50. The first-order valence-electron chi connectivity index (χ1n) is 12.5. The number of para-hydroxylation sites is 1. The summed E-state index contributed by atoms with van der Waals surface area (Å²) in [5, 5.41) is 4.25. The average molecular weight is 545 g/mol. The maximum absolute atomic E-state index is 12.6. The number of thiazole rings is 1.